The zero-order valence-corrected chi connectivity index (χ0v) is 8.46. The molecule has 0 heterocycles. The number of nitrogens with one attached hydrogen (secondary N) is 2. The summed E-state index contributed by atoms with van der Waals surface area (Å²) >= 11 is 0. The average molecular weight is 211 g/mol. The molecule has 2 amide bonds. The first-order chi connectivity index (χ1) is 7.13. The fourth-order valence-corrected chi connectivity index (χ4v) is 1.00. The lowest BCUT2D eigenvalue weighted by atomic mass is 10.3. The summed E-state index contributed by atoms with van der Waals surface area (Å²) in [7, 11) is 0. The molecule has 1 rings (SSSR count). The van der Waals surface area contributed by atoms with Gasteiger partial charge in [0.25, 0.3) is 0 Å². The van der Waals surface area contributed by atoms with Crippen LogP contribution in [-0.2, 0) is 0 Å². The summed E-state index contributed by atoms with van der Waals surface area (Å²) in [6.07, 6.45) is 0. The van der Waals surface area contributed by atoms with Gasteiger partial charge >= 0.3 is 6.03 Å². The topological polar surface area (TPSA) is 67.1 Å². The number of rotatable bonds is 3. The van der Waals surface area contributed by atoms with E-state index in [0.717, 1.165) is 0 Å². The lowest BCUT2D eigenvalue weighted by Crippen LogP contribution is -2.40. The van der Waals surface area contributed by atoms with Crippen LogP contribution in [0.2, 0.25) is 0 Å². The molecule has 0 aliphatic rings. The molecule has 4 nitrogen and oxygen atoms in total. The molecule has 0 bridgehead atoms. The highest BCUT2D eigenvalue weighted by Crippen LogP contribution is 2.11. The van der Waals surface area contributed by atoms with Gasteiger partial charge in [0.2, 0.25) is 0 Å². The van der Waals surface area contributed by atoms with E-state index in [1.54, 1.807) is 19.1 Å². The molecule has 0 saturated carbocycles. The molecule has 0 saturated heterocycles. The second kappa shape index (κ2) is 5.31. The number of para-hydroxylation sites is 1. The Labute approximate surface area is 87.7 Å². The third-order valence-corrected chi connectivity index (χ3v) is 1.85. The van der Waals surface area contributed by atoms with Crippen molar-refractivity contribution >= 4 is 11.7 Å². The smallest absolute Gasteiger partial charge is 0.319 e. The molecule has 1 aromatic carbocycles. The molecular weight excluding hydrogens is 197 g/mol. The Balaban J connectivity index is 2.55. The lowest BCUT2D eigenvalue weighted by Gasteiger charge is -2.12. The van der Waals surface area contributed by atoms with Gasteiger partial charge in [-0.25, -0.2) is 9.18 Å². The van der Waals surface area contributed by atoms with Crippen molar-refractivity contribution < 1.29 is 9.18 Å². The number of urea groups is 1. The molecule has 15 heavy (non-hydrogen) atoms. The molecule has 0 unspecified atom stereocenters. The normalized spacial score (nSPS) is 11.9. The first-order valence-corrected chi connectivity index (χ1v) is 4.65. The third kappa shape index (κ3) is 3.55. The number of amides is 2. The van der Waals surface area contributed by atoms with Crippen molar-refractivity contribution in [2.24, 2.45) is 5.73 Å². The van der Waals surface area contributed by atoms with Crippen molar-refractivity contribution in [1.29, 1.82) is 0 Å². The highest BCUT2D eigenvalue weighted by molar-refractivity contribution is 5.89. The molecule has 4 N–H and O–H groups in total. The fraction of sp³-hybridized carbons (Fsp3) is 0.300. The summed E-state index contributed by atoms with van der Waals surface area (Å²) < 4.78 is 13.1. The van der Waals surface area contributed by atoms with Gasteiger partial charge < -0.3 is 16.4 Å². The van der Waals surface area contributed by atoms with E-state index in [4.69, 9.17) is 5.73 Å². The maximum absolute atomic E-state index is 13.1. The second-order valence-corrected chi connectivity index (χ2v) is 3.22. The lowest BCUT2D eigenvalue weighted by molar-refractivity contribution is 0.249. The highest BCUT2D eigenvalue weighted by atomic mass is 19.1. The van der Waals surface area contributed by atoms with Crippen LogP contribution in [0.15, 0.2) is 24.3 Å². The summed E-state index contributed by atoms with van der Waals surface area (Å²) in [5.74, 6) is -0.465. The first kappa shape index (κ1) is 11.5. The minimum atomic E-state index is -0.465. The highest BCUT2D eigenvalue weighted by Gasteiger charge is 2.07. The Morgan fingerprint density at radius 1 is 1.53 bits per heavy atom. The molecular formula is C10H14FN3O. The Morgan fingerprint density at radius 2 is 2.20 bits per heavy atom. The van der Waals surface area contributed by atoms with Gasteiger partial charge in [-0.15, -0.1) is 0 Å². The van der Waals surface area contributed by atoms with Crippen molar-refractivity contribution in [3.05, 3.63) is 30.1 Å². The van der Waals surface area contributed by atoms with Crippen LogP contribution in [0.25, 0.3) is 0 Å². The van der Waals surface area contributed by atoms with Crippen LogP contribution in [0.3, 0.4) is 0 Å². The molecule has 1 atom stereocenters. The van der Waals surface area contributed by atoms with Crippen molar-refractivity contribution in [3.8, 4) is 0 Å². The molecule has 5 heteroatoms. The number of nitrogens with two attached hydrogens (primary N) is 1. The monoisotopic (exact) mass is 211 g/mol. The van der Waals surface area contributed by atoms with E-state index in [1.165, 1.54) is 12.1 Å². The molecule has 0 fully saturated rings. The van der Waals surface area contributed by atoms with E-state index >= 15 is 0 Å². The molecule has 0 radical (unpaired) electrons. The van der Waals surface area contributed by atoms with E-state index in [-0.39, 0.29) is 11.7 Å². The van der Waals surface area contributed by atoms with Gasteiger partial charge in [0.15, 0.2) is 0 Å². The molecule has 1 aromatic rings. The third-order valence-electron chi connectivity index (χ3n) is 1.85. The van der Waals surface area contributed by atoms with Crippen LogP contribution in [0.4, 0.5) is 14.9 Å². The van der Waals surface area contributed by atoms with Crippen molar-refractivity contribution in [3.63, 3.8) is 0 Å². The fourth-order valence-electron chi connectivity index (χ4n) is 1.00. The molecule has 82 valence electrons. The predicted molar refractivity (Wildman–Crippen MR) is 57.1 cm³/mol. The van der Waals surface area contributed by atoms with Gasteiger partial charge in [-0.2, -0.15) is 0 Å². The number of hydrogen-bond acceptors (Lipinski definition) is 2. The summed E-state index contributed by atoms with van der Waals surface area (Å²) in [5, 5.41) is 4.96. The summed E-state index contributed by atoms with van der Waals surface area (Å²) in [6, 6.07) is 5.37. The van der Waals surface area contributed by atoms with E-state index in [9.17, 15) is 9.18 Å². The van der Waals surface area contributed by atoms with Crippen molar-refractivity contribution in [1.82, 2.24) is 5.32 Å². The Bertz CT molecular complexity index is 343. The average Bonchev–Trinajstić information content (AvgIpc) is 2.21. The van der Waals surface area contributed by atoms with Crippen molar-refractivity contribution in [2.75, 3.05) is 11.9 Å². The molecule has 0 spiro atoms. The van der Waals surface area contributed by atoms with Crippen molar-refractivity contribution in [2.45, 2.75) is 13.0 Å². The molecule has 0 aliphatic heterocycles. The standard InChI is InChI=1S/C10H14FN3O/c1-7(6-12)13-10(15)14-9-5-3-2-4-8(9)11/h2-5,7H,6,12H2,1H3,(H2,13,14,15)/t7-/m1/s1. The van der Waals surface area contributed by atoms with Crippen LogP contribution < -0.4 is 16.4 Å². The van der Waals surface area contributed by atoms with E-state index in [1.807, 2.05) is 0 Å². The zero-order chi connectivity index (χ0) is 11.3. The van der Waals surface area contributed by atoms with Crippen LogP contribution in [-0.4, -0.2) is 18.6 Å². The quantitative estimate of drug-likeness (QED) is 0.705. The summed E-state index contributed by atoms with van der Waals surface area (Å²) in [5.41, 5.74) is 5.48. The van der Waals surface area contributed by atoms with E-state index in [0.29, 0.717) is 6.54 Å². The minimum Gasteiger partial charge on any atom is -0.334 e. The Morgan fingerprint density at radius 3 is 2.80 bits per heavy atom. The maximum Gasteiger partial charge on any atom is 0.319 e. The number of carbonyl (C=O) groups excluding carboxylic acids is 1. The van der Waals surface area contributed by atoms with Gasteiger partial charge in [0, 0.05) is 12.6 Å². The SMILES string of the molecule is C[C@H](CN)NC(=O)Nc1ccccc1F. The minimum absolute atomic E-state index is 0.142. The van der Waals surface area contributed by atoms with Gasteiger partial charge in [-0.3, -0.25) is 0 Å². The van der Waals surface area contributed by atoms with Crippen LogP contribution in [0.5, 0.6) is 0 Å². The largest absolute Gasteiger partial charge is 0.334 e. The second-order valence-electron chi connectivity index (χ2n) is 3.22. The van der Waals surface area contributed by atoms with Gasteiger partial charge in [0.1, 0.15) is 5.82 Å². The first-order valence-electron chi connectivity index (χ1n) is 4.65. The Kier molecular flexibility index (Phi) is 4.05. The number of halogens is 1. The molecule has 0 aliphatic carbocycles. The summed E-state index contributed by atoms with van der Waals surface area (Å²) in [6.45, 7) is 2.10. The van der Waals surface area contributed by atoms with E-state index < -0.39 is 11.8 Å². The van der Waals surface area contributed by atoms with Gasteiger partial charge in [-0.05, 0) is 19.1 Å². The predicted octanol–water partition coefficient (Wildman–Crippen LogP) is 1.29. The number of hydrogen-bond donors (Lipinski definition) is 3. The molecule has 0 aromatic heterocycles. The van der Waals surface area contributed by atoms with Crippen LogP contribution in [0.1, 0.15) is 6.92 Å². The van der Waals surface area contributed by atoms with Crippen LogP contribution in [0, 0.1) is 5.82 Å². The summed E-state index contributed by atoms with van der Waals surface area (Å²) in [4.78, 5) is 11.3. The van der Waals surface area contributed by atoms with Crippen LogP contribution >= 0.6 is 0 Å². The number of carbonyl (C=O) groups is 1. The number of anilines is 1. The number of benzene rings is 1. The Hall–Kier alpha value is -1.62. The van der Waals surface area contributed by atoms with Gasteiger partial charge in [-0.1, -0.05) is 12.1 Å². The maximum atomic E-state index is 13.1. The van der Waals surface area contributed by atoms with Gasteiger partial charge in [0.05, 0.1) is 5.69 Å². The van der Waals surface area contributed by atoms with E-state index in [2.05, 4.69) is 10.6 Å². The zero-order valence-electron chi connectivity index (χ0n) is 8.46.